The first kappa shape index (κ1) is 17.2. The lowest BCUT2D eigenvalue weighted by Gasteiger charge is -2.33. The molecule has 1 aliphatic rings. The molecule has 0 bridgehead atoms. The maximum Gasteiger partial charge on any atom is 0.241 e. The number of aromatic nitrogens is 3. The molecule has 0 unspecified atom stereocenters. The van der Waals surface area contributed by atoms with Gasteiger partial charge in [0.25, 0.3) is 0 Å². The van der Waals surface area contributed by atoms with E-state index < -0.39 is 0 Å². The summed E-state index contributed by atoms with van der Waals surface area (Å²) in [7, 11) is 0. The summed E-state index contributed by atoms with van der Waals surface area (Å²) >= 11 is 5.91. The van der Waals surface area contributed by atoms with Gasteiger partial charge < -0.3 is 9.05 Å². The van der Waals surface area contributed by atoms with Crippen LogP contribution in [0.2, 0.25) is 5.02 Å². The van der Waals surface area contributed by atoms with Gasteiger partial charge >= 0.3 is 0 Å². The van der Waals surface area contributed by atoms with Crippen molar-refractivity contribution < 1.29 is 9.05 Å². The molecule has 1 aliphatic heterocycles. The van der Waals surface area contributed by atoms with Gasteiger partial charge in [0, 0.05) is 42.8 Å². The Kier molecular flexibility index (Phi) is 5.01. The van der Waals surface area contributed by atoms with E-state index in [2.05, 4.69) is 25.1 Å². The van der Waals surface area contributed by atoms with Crippen LogP contribution in [0.1, 0.15) is 17.3 Å². The Morgan fingerprint density at radius 3 is 2.31 bits per heavy atom. The predicted molar refractivity (Wildman–Crippen MR) is 96.5 cm³/mol. The molecule has 1 saturated heterocycles. The molecular formula is C18H20ClN5O2. The number of nitrogens with zero attached hydrogens (tertiary/aromatic N) is 5. The number of hydrogen-bond donors (Lipinski definition) is 0. The van der Waals surface area contributed by atoms with Gasteiger partial charge in [0.05, 0.1) is 18.8 Å². The summed E-state index contributed by atoms with van der Waals surface area (Å²) in [5.74, 6) is 2.14. The highest BCUT2D eigenvalue weighted by molar-refractivity contribution is 6.30. The maximum absolute atomic E-state index is 5.91. The Morgan fingerprint density at radius 1 is 0.962 bits per heavy atom. The number of hydrogen-bond acceptors (Lipinski definition) is 7. The second-order valence-corrected chi connectivity index (χ2v) is 6.94. The van der Waals surface area contributed by atoms with Gasteiger partial charge in [-0.25, -0.2) is 0 Å². The van der Waals surface area contributed by atoms with Crippen molar-refractivity contribution in [3.63, 3.8) is 0 Å². The molecule has 0 N–H and O–H groups in total. The quantitative estimate of drug-likeness (QED) is 0.680. The van der Waals surface area contributed by atoms with E-state index in [1.807, 2.05) is 37.3 Å². The first-order chi connectivity index (χ1) is 12.7. The lowest BCUT2D eigenvalue weighted by atomic mass is 10.2. The minimum absolute atomic E-state index is 0.594. The highest BCUT2D eigenvalue weighted by Gasteiger charge is 2.20. The Morgan fingerprint density at radius 2 is 1.65 bits per heavy atom. The molecule has 1 aromatic carbocycles. The first-order valence-electron chi connectivity index (χ1n) is 8.61. The molecule has 0 aliphatic carbocycles. The van der Waals surface area contributed by atoms with Gasteiger partial charge in [0.15, 0.2) is 5.76 Å². The van der Waals surface area contributed by atoms with Crippen LogP contribution in [0.25, 0.3) is 11.4 Å². The second-order valence-electron chi connectivity index (χ2n) is 6.51. The van der Waals surface area contributed by atoms with E-state index in [0.717, 1.165) is 49.7 Å². The van der Waals surface area contributed by atoms with Crippen LogP contribution in [0.5, 0.6) is 0 Å². The lowest BCUT2D eigenvalue weighted by Crippen LogP contribution is -2.45. The third-order valence-corrected chi connectivity index (χ3v) is 4.70. The van der Waals surface area contributed by atoms with Gasteiger partial charge in [-0.05, 0) is 31.2 Å². The second kappa shape index (κ2) is 7.57. The average molecular weight is 374 g/mol. The minimum Gasteiger partial charge on any atom is -0.360 e. The lowest BCUT2D eigenvalue weighted by molar-refractivity contribution is 0.105. The maximum atomic E-state index is 5.91. The Hall–Kier alpha value is -2.22. The van der Waals surface area contributed by atoms with Crippen LogP contribution in [-0.4, -0.2) is 51.3 Å². The molecule has 2 aromatic heterocycles. The van der Waals surface area contributed by atoms with E-state index in [1.54, 1.807) is 0 Å². The molecular weight excluding hydrogens is 354 g/mol. The highest BCUT2D eigenvalue weighted by atomic mass is 35.5. The molecule has 7 nitrogen and oxygen atoms in total. The number of halogens is 1. The van der Waals surface area contributed by atoms with Gasteiger partial charge in [0.1, 0.15) is 0 Å². The molecule has 136 valence electrons. The third-order valence-electron chi connectivity index (χ3n) is 4.45. The van der Waals surface area contributed by atoms with Crippen molar-refractivity contribution >= 4 is 11.6 Å². The average Bonchev–Trinajstić information content (AvgIpc) is 3.26. The molecule has 0 spiro atoms. The Balaban J connectivity index is 1.30. The van der Waals surface area contributed by atoms with Crippen LogP contribution in [-0.2, 0) is 13.1 Å². The van der Waals surface area contributed by atoms with Crippen LogP contribution < -0.4 is 0 Å². The molecule has 3 aromatic rings. The van der Waals surface area contributed by atoms with Crippen molar-refractivity contribution in [3.05, 3.63) is 52.7 Å². The van der Waals surface area contributed by atoms with E-state index in [9.17, 15) is 0 Å². The van der Waals surface area contributed by atoms with Crippen molar-refractivity contribution in [3.8, 4) is 11.4 Å². The molecule has 0 radical (unpaired) electrons. The van der Waals surface area contributed by atoms with Crippen LogP contribution in [0.15, 0.2) is 39.4 Å². The molecule has 4 rings (SSSR count). The fourth-order valence-corrected chi connectivity index (χ4v) is 3.17. The van der Waals surface area contributed by atoms with E-state index in [-0.39, 0.29) is 0 Å². The Labute approximate surface area is 156 Å². The summed E-state index contributed by atoms with van der Waals surface area (Å²) in [5.41, 5.74) is 1.82. The van der Waals surface area contributed by atoms with Crippen molar-refractivity contribution in [1.82, 2.24) is 25.1 Å². The van der Waals surface area contributed by atoms with Crippen molar-refractivity contribution in [2.75, 3.05) is 26.2 Å². The summed E-state index contributed by atoms with van der Waals surface area (Å²) in [6, 6.07) is 9.41. The summed E-state index contributed by atoms with van der Waals surface area (Å²) in [6.45, 7) is 7.24. The van der Waals surface area contributed by atoms with Gasteiger partial charge in [0.2, 0.25) is 11.7 Å². The number of aryl methyl sites for hydroxylation is 1. The largest absolute Gasteiger partial charge is 0.360 e. The summed E-state index contributed by atoms with van der Waals surface area (Å²) in [6.07, 6.45) is 0. The monoisotopic (exact) mass is 373 g/mol. The fourth-order valence-electron chi connectivity index (χ4n) is 3.04. The standard InChI is InChI=1S/C18H20ClN5O2/c1-13-10-16(25-21-13)11-23-6-8-24(9-7-23)12-17-20-18(22-26-17)14-2-4-15(19)5-3-14/h2-5,10H,6-9,11-12H2,1H3. The fraction of sp³-hybridized carbons (Fsp3) is 0.389. The molecule has 0 atom stereocenters. The summed E-state index contributed by atoms with van der Waals surface area (Å²) in [5, 5.41) is 8.70. The Bertz CT molecular complexity index is 853. The van der Waals surface area contributed by atoms with Crippen LogP contribution in [0.4, 0.5) is 0 Å². The first-order valence-corrected chi connectivity index (χ1v) is 8.99. The number of piperazine rings is 1. The molecule has 3 heterocycles. The minimum atomic E-state index is 0.594. The van der Waals surface area contributed by atoms with E-state index >= 15 is 0 Å². The van der Waals surface area contributed by atoms with Gasteiger partial charge in [-0.2, -0.15) is 4.98 Å². The zero-order valence-electron chi connectivity index (χ0n) is 14.6. The molecule has 1 fully saturated rings. The normalized spacial score (nSPS) is 16.2. The van der Waals surface area contributed by atoms with E-state index in [4.69, 9.17) is 20.6 Å². The zero-order chi connectivity index (χ0) is 17.9. The summed E-state index contributed by atoms with van der Waals surface area (Å²) in [4.78, 5) is 9.18. The summed E-state index contributed by atoms with van der Waals surface area (Å²) < 4.78 is 10.7. The SMILES string of the molecule is Cc1cc(CN2CCN(Cc3nc(-c4ccc(Cl)cc4)no3)CC2)on1. The zero-order valence-corrected chi connectivity index (χ0v) is 15.3. The molecule has 0 saturated carbocycles. The van der Waals surface area contributed by atoms with Gasteiger partial charge in [-0.1, -0.05) is 21.9 Å². The smallest absolute Gasteiger partial charge is 0.241 e. The van der Waals surface area contributed by atoms with E-state index in [1.165, 1.54) is 0 Å². The number of rotatable bonds is 5. The van der Waals surface area contributed by atoms with E-state index in [0.29, 0.717) is 23.3 Å². The van der Waals surface area contributed by atoms with Crippen LogP contribution in [0, 0.1) is 6.92 Å². The van der Waals surface area contributed by atoms with Gasteiger partial charge in [-0.15, -0.1) is 0 Å². The number of benzene rings is 1. The molecule has 8 heteroatoms. The van der Waals surface area contributed by atoms with Crippen LogP contribution >= 0.6 is 11.6 Å². The molecule has 0 amide bonds. The topological polar surface area (TPSA) is 71.4 Å². The predicted octanol–water partition coefficient (Wildman–Crippen LogP) is 3.00. The van der Waals surface area contributed by atoms with Crippen molar-refractivity contribution in [2.45, 2.75) is 20.0 Å². The van der Waals surface area contributed by atoms with Gasteiger partial charge in [-0.3, -0.25) is 9.80 Å². The third kappa shape index (κ3) is 4.12. The van der Waals surface area contributed by atoms with Crippen molar-refractivity contribution in [2.24, 2.45) is 0 Å². The van der Waals surface area contributed by atoms with Crippen LogP contribution in [0.3, 0.4) is 0 Å². The molecule has 26 heavy (non-hydrogen) atoms. The van der Waals surface area contributed by atoms with Crippen molar-refractivity contribution in [1.29, 1.82) is 0 Å². The highest BCUT2D eigenvalue weighted by Crippen LogP contribution is 2.19.